The minimum Gasteiger partial charge on any atom is -0.493 e. The summed E-state index contributed by atoms with van der Waals surface area (Å²) in [5.74, 6) is 2.83. The van der Waals surface area contributed by atoms with Crippen LogP contribution in [-0.4, -0.2) is 65.8 Å². The predicted molar refractivity (Wildman–Crippen MR) is 168 cm³/mol. The van der Waals surface area contributed by atoms with Crippen LogP contribution in [0.15, 0.2) is 66.1 Å². The molecule has 2 aromatic carbocycles. The minimum atomic E-state index is -3.94. The zero-order chi connectivity index (χ0) is 31.0. The highest BCUT2D eigenvalue weighted by Crippen LogP contribution is 2.39. The third-order valence-electron chi connectivity index (χ3n) is 7.95. The number of nitrogens with zero attached hydrogens (tertiary/aromatic N) is 6. The molecule has 0 spiro atoms. The molecule has 0 amide bonds. The molecule has 13 heteroatoms. The molecule has 44 heavy (non-hydrogen) atoms. The molecular weight excluding hydrogens is 582 g/mol. The predicted octanol–water partition coefficient (Wildman–Crippen LogP) is 5.31. The molecule has 3 aromatic heterocycles. The Bertz CT molecular complexity index is 1890. The average molecular weight is 618 g/mol. The number of aromatic nitrogens is 5. The third kappa shape index (κ3) is 5.17. The van der Waals surface area contributed by atoms with Crippen LogP contribution in [0, 0.1) is 6.92 Å². The lowest BCUT2D eigenvalue weighted by Gasteiger charge is -2.24. The third-order valence-corrected chi connectivity index (χ3v) is 9.64. The first-order valence-electron chi connectivity index (χ1n) is 14.4. The van der Waals surface area contributed by atoms with Gasteiger partial charge < -0.3 is 29.0 Å². The van der Waals surface area contributed by atoms with E-state index >= 15 is 0 Å². The van der Waals surface area contributed by atoms with Crippen LogP contribution in [0.25, 0.3) is 16.7 Å². The number of fused-ring (bicyclic) bond motifs is 1. The average Bonchev–Trinajstić information content (AvgIpc) is 3.80. The fourth-order valence-corrected chi connectivity index (χ4v) is 6.98. The summed E-state index contributed by atoms with van der Waals surface area (Å²) in [5.41, 5.74) is 2.54. The molecule has 1 fully saturated rings. The molecule has 0 radical (unpaired) electrons. The van der Waals surface area contributed by atoms with E-state index < -0.39 is 10.0 Å². The number of aryl methyl sites for hydroxylation is 1. The normalized spacial score (nSPS) is 15.1. The van der Waals surface area contributed by atoms with E-state index in [1.165, 1.54) is 10.2 Å². The van der Waals surface area contributed by atoms with Gasteiger partial charge in [0.15, 0.2) is 17.3 Å². The van der Waals surface area contributed by atoms with Gasteiger partial charge in [-0.25, -0.2) is 22.4 Å². The summed E-state index contributed by atoms with van der Waals surface area (Å²) >= 11 is 0. The molecule has 0 aliphatic carbocycles. The van der Waals surface area contributed by atoms with Gasteiger partial charge in [0.05, 0.1) is 43.6 Å². The van der Waals surface area contributed by atoms with Crippen molar-refractivity contribution in [2.75, 3.05) is 38.1 Å². The Morgan fingerprint density at radius 3 is 2.39 bits per heavy atom. The van der Waals surface area contributed by atoms with E-state index in [9.17, 15) is 8.42 Å². The number of ether oxygens (including phenoxy) is 3. The minimum absolute atomic E-state index is 0.174. The smallest absolute Gasteiger partial charge is 0.268 e. The van der Waals surface area contributed by atoms with Crippen molar-refractivity contribution < 1.29 is 22.6 Å². The van der Waals surface area contributed by atoms with Gasteiger partial charge in [-0.1, -0.05) is 24.6 Å². The summed E-state index contributed by atoms with van der Waals surface area (Å²) in [6.45, 7) is 4.90. The van der Waals surface area contributed by atoms with Crippen LogP contribution >= 0.6 is 0 Å². The molecule has 1 aliphatic rings. The number of imidazole rings is 1. The highest BCUT2D eigenvalue weighted by Gasteiger charge is 2.29. The number of rotatable bonds is 10. The lowest BCUT2D eigenvalue weighted by molar-refractivity contribution is 0.324. The molecule has 0 unspecified atom stereocenters. The Morgan fingerprint density at radius 1 is 1.00 bits per heavy atom. The van der Waals surface area contributed by atoms with Gasteiger partial charge in [0.2, 0.25) is 11.7 Å². The van der Waals surface area contributed by atoms with Crippen LogP contribution < -0.4 is 24.4 Å². The summed E-state index contributed by atoms with van der Waals surface area (Å²) in [7, 11) is 0.726. The molecule has 12 nitrogen and oxygen atoms in total. The van der Waals surface area contributed by atoms with Crippen LogP contribution in [-0.2, 0) is 10.0 Å². The Labute approximate surface area is 256 Å². The van der Waals surface area contributed by atoms with Crippen molar-refractivity contribution in [3.05, 3.63) is 66.7 Å². The maximum atomic E-state index is 13.8. The molecule has 1 aliphatic heterocycles. The first-order valence-corrected chi connectivity index (χ1v) is 15.8. The van der Waals surface area contributed by atoms with Crippen molar-refractivity contribution in [3.8, 4) is 22.9 Å². The van der Waals surface area contributed by atoms with E-state index in [0.29, 0.717) is 51.9 Å². The largest absolute Gasteiger partial charge is 0.493 e. The molecular formula is C31H35N7O5S. The summed E-state index contributed by atoms with van der Waals surface area (Å²) in [4.78, 5) is 16.7. The first kappa shape index (κ1) is 29.3. The Kier molecular flexibility index (Phi) is 7.80. The summed E-state index contributed by atoms with van der Waals surface area (Å²) in [6.07, 6.45) is 8.01. The van der Waals surface area contributed by atoms with Gasteiger partial charge in [0.25, 0.3) is 10.0 Å². The molecule has 0 bridgehead atoms. The van der Waals surface area contributed by atoms with Gasteiger partial charge in [0, 0.05) is 30.9 Å². The van der Waals surface area contributed by atoms with Gasteiger partial charge in [0.1, 0.15) is 17.7 Å². The van der Waals surface area contributed by atoms with E-state index in [-0.39, 0.29) is 4.90 Å². The molecule has 0 saturated carbocycles. The lowest BCUT2D eigenvalue weighted by Crippen LogP contribution is -2.30. The van der Waals surface area contributed by atoms with E-state index in [2.05, 4.69) is 22.1 Å². The van der Waals surface area contributed by atoms with Crippen molar-refractivity contribution in [1.82, 2.24) is 23.5 Å². The number of anilines is 3. The number of methoxy groups -OCH3 is 3. The van der Waals surface area contributed by atoms with Gasteiger partial charge in [-0.05, 0) is 44.4 Å². The molecule has 1 atom stereocenters. The Balaban J connectivity index is 1.45. The zero-order valence-electron chi connectivity index (χ0n) is 25.3. The molecule has 5 aromatic rings. The SMILES string of the molecule is CC[C@@H]1CCCN1c1nc(Nc2cn(-c3cc(OC)c(OC)c(OC)c3)cn2)c2c(ccn2S(=O)(=O)c2ccc(C)cc2)n1. The van der Waals surface area contributed by atoms with Crippen LogP contribution in [0.1, 0.15) is 31.7 Å². The van der Waals surface area contributed by atoms with Gasteiger partial charge >= 0.3 is 0 Å². The quantitative estimate of drug-likeness (QED) is 0.220. The van der Waals surface area contributed by atoms with Crippen molar-refractivity contribution in [3.63, 3.8) is 0 Å². The van der Waals surface area contributed by atoms with E-state index in [1.54, 1.807) is 68.8 Å². The maximum Gasteiger partial charge on any atom is 0.268 e. The van der Waals surface area contributed by atoms with E-state index in [4.69, 9.17) is 24.2 Å². The molecule has 1 saturated heterocycles. The summed E-state index contributed by atoms with van der Waals surface area (Å²) in [6, 6.07) is 12.4. The van der Waals surface area contributed by atoms with Crippen molar-refractivity contribution in [1.29, 1.82) is 0 Å². The summed E-state index contributed by atoms with van der Waals surface area (Å²) in [5, 5.41) is 3.29. The molecule has 6 rings (SSSR count). The molecule has 230 valence electrons. The zero-order valence-corrected chi connectivity index (χ0v) is 26.1. The Morgan fingerprint density at radius 2 is 1.73 bits per heavy atom. The van der Waals surface area contributed by atoms with E-state index in [0.717, 1.165) is 37.1 Å². The maximum absolute atomic E-state index is 13.8. The van der Waals surface area contributed by atoms with Gasteiger partial charge in [-0.15, -0.1) is 0 Å². The van der Waals surface area contributed by atoms with Crippen LogP contribution in [0.5, 0.6) is 17.2 Å². The second-order valence-corrected chi connectivity index (χ2v) is 12.4. The lowest BCUT2D eigenvalue weighted by atomic mass is 10.2. The van der Waals surface area contributed by atoms with Gasteiger partial charge in [-0.2, -0.15) is 4.98 Å². The highest BCUT2D eigenvalue weighted by molar-refractivity contribution is 7.90. The van der Waals surface area contributed by atoms with Crippen LogP contribution in [0.2, 0.25) is 0 Å². The monoisotopic (exact) mass is 617 g/mol. The molecule has 1 N–H and O–H groups in total. The van der Waals surface area contributed by atoms with Crippen LogP contribution in [0.4, 0.5) is 17.6 Å². The second kappa shape index (κ2) is 11.7. The standard InChI is InChI=1S/C31H35N7O5S/c1-6-21-8-7-14-37(21)31-33-24-13-15-38(44(39,40)23-11-9-20(2)10-12-23)28(24)30(35-31)34-27-18-36(19-32-27)22-16-25(41-3)29(43-5)26(17-22)42-4/h9-13,15-19,21H,6-8,14H2,1-5H3,(H,33,34,35)/t21-/m1/s1. The summed E-state index contributed by atoms with van der Waals surface area (Å²) < 4.78 is 47.2. The van der Waals surface area contributed by atoms with Crippen molar-refractivity contribution in [2.45, 2.75) is 44.0 Å². The van der Waals surface area contributed by atoms with Crippen molar-refractivity contribution >= 4 is 38.6 Å². The fraction of sp³-hybridized carbons (Fsp3) is 0.323. The second-order valence-electron chi connectivity index (χ2n) is 10.6. The Hall–Kier alpha value is -4.78. The van der Waals surface area contributed by atoms with Gasteiger partial charge in [-0.3, -0.25) is 0 Å². The number of benzene rings is 2. The fourth-order valence-electron chi connectivity index (χ4n) is 5.64. The highest BCUT2D eigenvalue weighted by atomic mass is 32.2. The van der Waals surface area contributed by atoms with Crippen LogP contribution in [0.3, 0.4) is 0 Å². The topological polar surface area (TPSA) is 126 Å². The van der Waals surface area contributed by atoms with E-state index in [1.807, 2.05) is 19.1 Å². The molecule has 4 heterocycles. The van der Waals surface area contributed by atoms with Crippen molar-refractivity contribution in [2.24, 2.45) is 0 Å². The first-order chi connectivity index (χ1) is 21.3. The number of nitrogens with one attached hydrogen (secondary N) is 1. The number of hydrogen-bond acceptors (Lipinski definition) is 10. The number of hydrogen-bond donors (Lipinski definition) is 1.